The summed E-state index contributed by atoms with van der Waals surface area (Å²) in [6, 6.07) is 0.233. The minimum absolute atomic E-state index is 0.0877. The van der Waals surface area contributed by atoms with E-state index in [0.717, 1.165) is 19.5 Å². The van der Waals surface area contributed by atoms with Crippen molar-refractivity contribution in [2.75, 3.05) is 19.8 Å². The van der Waals surface area contributed by atoms with Crippen LogP contribution in [0, 0.1) is 0 Å². The summed E-state index contributed by atoms with van der Waals surface area (Å²) in [6.45, 7) is 12.8. The number of rotatable bonds is 6. The van der Waals surface area contributed by atoms with E-state index in [-0.39, 0.29) is 11.9 Å². The number of carbonyl (C=O) groups is 1. The molecule has 1 aliphatic heterocycles. The Balaban J connectivity index is 2.72. The van der Waals surface area contributed by atoms with Crippen LogP contribution in [0.3, 0.4) is 0 Å². The third kappa shape index (κ3) is 3.22. The van der Waals surface area contributed by atoms with Crippen LogP contribution in [-0.2, 0) is 4.79 Å². The number of nitrogens with zero attached hydrogens (tertiary/aromatic N) is 4. The molecule has 0 spiro atoms. The molecule has 0 N–H and O–H groups in total. The van der Waals surface area contributed by atoms with Gasteiger partial charge in [-0.1, -0.05) is 20.8 Å². The van der Waals surface area contributed by atoms with Crippen LogP contribution in [0.5, 0.6) is 0 Å². The fraction of sp³-hybridized carbons (Fsp3) is 0.846. The zero-order chi connectivity index (χ0) is 13.7. The van der Waals surface area contributed by atoms with Crippen molar-refractivity contribution in [3.8, 4) is 0 Å². The average Bonchev–Trinajstić information content (AvgIpc) is 2.39. The number of hydrogen-bond donors (Lipinski definition) is 0. The summed E-state index contributed by atoms with van der Waals surface area (Å²) in [5.74, 6) is 0.0877. The van der Waals surface area contributed by atoms with Gasteiger partial charge in [-0.15, -0.1) is 0 Å². The topological polar surface area (TPSA) is 39.1 Å². The lowest BCUT2D eigenvalue weighted by atomic mass is 10.1. The molecule has 0 aromatic heterocycles. The zero-order valence-corrected chi connectivity index (χ0v) is 12.3. The molecule has 0 radical (unpaired) electrons. The van der Waals surface area contributed by atoms with E-state index >= 15 is 0 Å². The van der Waals surface area contributed by atoms with Crippen LogP contribution in [0.1, 0.15) is 41.0 Å². The van der Waals surface area contributed by atoms with Crippen molar-refractivity contribution in [2.45, 2.75) is 53.1 Å². The summed E-state index contributed by atoms with van der Waals surface area (Å²) in [7, 11) is 0. The summed E-state index contributed by atoms with van der Waals surface area (Å²) < 4.78 is 0. The third-order valence-corrected chi connectivity index (χ3v) is 3.71. The highest BCUT2D eigenvalue weighted by Gasteiger charge is 2.31. The minimum atomic E-state index is -0.118. The van der Waals surface area contributed by atoms with Gasteiger partial charge in [-0.2, -0.15) is 5.10 Å². The van der Waals surface area contributed by atoms with Gasteiger partial charge < -0.3 is 4.90 Å². The molecule has 1 amide bonds. The summed E-state index contributed by atoms with van der Waals surface area (Å²) in [6.07, 6.45) is 2.82. The molecule has 0 saturated heterocycles. The Bertz CT molecular complexity index is 301. The second-order valence-electron chi connectivity index (χ2n) is 4.79. The first-order valence-electron chi connectivity index (χ1n) is 6.90. The van der Waals surface area contributed by atoms with E-state index in [2.05, 4.69) is 37.7 Å². The van der Waals surface area contributed by atoms with Gasteiger partial charge in [-0.3, -0.25) is 9.69 Å². The second-order valence-corrected chi connectivity index (χ2v) is 4.79. The van der Waals surface area contributed by atoms with Gasteiger partial charge in [-0.05, 0) is 33.4 Å². The SMILES string of the molecule is CC[C@H](C)N1C=NN(CN(CC)CC)C(=O)[C@H]1C. The van der Waals surface area contributed by atoms with E-state index < -0.39 is 0 Å². The molecule has 1 heterocycles. The number of amides is 1. The van der Waals surface area contributed by atoms with E-state index in [4.69, 9.17) is 0 Å². The van der Waals surface area contributed by atoms with Crippen LogP contribution in [0.15, 0.2) is 5.10 Å². The fourth-order valence-corrected chi connectivity index (χ4v) is 2.05. The smallest absolute Gasteiger partial charge is 0.266 e. The van der Waals surface area contributed by atoms with Crippen LogP contribution in [0.25, 0.3) is 0 Å². The first kappa shape index (κ1) is 15.0. The van der Waals surface area contributed by atoms with Crippen molar-refractivity contribution in [3.63, 3.8) is 0 Å². The molecule has 2 atom stereocenters. The number of hydrogen-bond acceptors (Lipinski definition) is 4. The Kier molecular flexibility index (Phi) is 5.59. The number of carbonyl (C=O) groups excluding carboxylic acids is 1. The van der Waals surface area contributed by atoms with Crippen molar-refractivity contribution in [3.05, 3.63) is 0 Å². The van der Waals surface area contributed by atoms with Gasteiger partial charge in [0, 0.05) is 6.04 Å². The van der Waals surface area contributed by atoms with E-state index in [0.29, 0.717) is 12.7 Å². The molecule has 104 valence electrons. The van der Waals surface area contributed by atoms with Crippen LogP contribution < -0.4 is 0 Å². The van der Waals surface area contributed by atoms with Crippen molar-refractivity contribution >= 4 is 12.2 Å². The average molecular weight is 254 g/mol. The lowest BCUT2D eigenvalue weighted by Gasteiger charge is -2.38. The molecule has 0 unspecified atom stereocenters. The van der Waals surface area contributed by atoms with Gasteiger partial charge >= 0.3 is 0 Å². The van der Waals surface area contributed by atoms with Gasteiger partial charge in [0.1, 0.15) is 12.4 Å². The van der Waals surface area contributed by atoms with Gasteiger partial charge in [0.2, 0.25) is 0 Å². The predicted molar refractivity (Wildman–Crippen MR) is 74.2 cm³/mol. The standard InChI is InChI=1S/C13H26N4O/c1-6-11(4)16-9-14-17(13(18)12(16)5)10-15(7-2)8-3/h9,11-12H,6-8,10H2,1-5H3/t11-,12+/m0/s1. The molecule has 0 saturated carbocycles. The maximum Gasteiger partial charge on any atom is 0.266 e. The Labute approximate surface area is 110 Å². The quantitative estimate of drug-likeness (QED) is 0.722. The molecule has 5 nitrogen and oxygen atoms in total. The maximum absolute atomic E-state index is 12.3. The first-order valence-corrected chi connectivity index (χ1v) is 6.90. The lowest BCUT2D eigenvalue weighted by Crippen LogP contribution is -2.54. The normalized spacial score (nSPS) is 21.9. The van der Waals surface area contributed by atoms with Crippen molar-refractivity contribution in [1.29, 1.82) is 0 Å². The largest absolute Gasteiger partial charge is 0.347 e. The molecule has 0 bridgehead atoms. The minimum Gasteiger partial charge on any atom is -0.347 e. The Morgan fingerprint density at radius 1 is 1.39 bits per heavy atom. The van der Waals surface area contributed by atoms with E-state index in [1.807, 2.05) is 18.2 Å². The molecule has 0 fully saturated rings. The monoisotopic (exact) mass is 254 g/mol. The molecule has 5 heteroatoms. The van der Waals surface area contributed by atoms with Gasteiger partial charge in [0.25, 0.3) is 5.91 Å². The molecule has 0 aromatic carbocycles. The highest BCUT2D eigenvalue weighted by Crippen LogP contribution is 2.14. The predicted octanol–water partition coefficient (Wildman–Crippen LogP) is 1.56. The molecule has 0 aromatic rings. The van der Waals surface area contributed by atoms with Gasteiger partial charge in [0.05, 0.1) is 6.67 Å². The van der Waals surface area contributed by atoms with E-state index in [1.54, 1.807) is 5.01 Å². The maximum atomic E-state index is 12.3. The Morgan fingerprint density at radius 2 is 2.00 bits per heavy atom. The second kappa shape index (κ2) is 6.73. The molecular formula is C13H26N4O. The fourth-order valence-electron chi connectivity index (χ4n) is 2.05. The van der Waals surface area contributed by atoms with Crippen LogP contribution in [0.2, 0.25) is 0 Å². The summed E-state index contributed by atoms with van der Waals surface area (Å²) in [5.41, 5.74) is 0. The Hall–Kier alpha value is -1.10. The van der Waals surface area contributed by atoms with Crippen molar-refractivity contribution in [2.24, 2.45) is 5.10 Å². The third-order valence-electron chi connectivity index (χ3n) is 3.71. The van der Waals surface area contributed by atoms with Crippen LogP contribution in [0.4, 0.5) is 0 Å². The van der Waals surface area contributed by atoms with Crippen LogP contribution in [-0.4, -0.2) is 58.9 Å². The van der Waals surface area contributed by atoms with E-state index in [9.17, 15) is 4.79 Å². The van der Waals surface area contributed by atoms with Crippen molar-refractivity contribution < 1.29 is 4.79 Å². The van der Waals surface area contributed by atoms with Gasteiger partial charge in [-0.25, -0.2) is 5.01 Å². The molecule has 18 heavy (non-hydrogen) atoms. The molecule has 1 rings (SSSR count). The first-order chi connectivity index (χ1) is 8.54. The van der Waals surface area contributed by atoms with Gasteiger partial charge in [0.15, 0.2) is 0 Å². The van der Waals surface area contributed by atoms with Crippen LogP contribution >= 0.6 is 0 Å². The highest BCUT2D eigenvalue weighted by molar-refractivity contribution is 5.86. The summed E-state index contributed by atoms with van der Waals surface area (Å²) in [5, 5.41) is 5.87. The zero-order valence-electron chi connectivity index (χ0n) is 12.3. The Morgan fingerprint density at radius 3 is 2.50 bits per heavy atom. The number of hydrazone groups is 1. The summed E-state index contributed by atoms with van der Waals surface area (Å²) in [4.78, 5) is 16.5. The molecular weight excluding hydrogens is 228 g/mol. The van der Waals surface area contributed by atoms with E-state index in [1.165, 1.54) is 0 Å². The highest BCUT2D eigenvalue weighted by atomic mass is 16.2. The molecule has 1 aliphatic rings. The lowest BCUT2D eigenvalue weighted by molar-refractivity contribution is -0.139. The van der Waals surface area contributed by atoms with Crippen molar-refractivity contribution in [1.82, 2.24) is 14.8 Å². The molecule has 0 aliphatic carbocycles. The summed E-state index contributed by atoms with van der Waals surface area (Å²) >= 11 is 0.